The first-order chi connectivity index (χ1) is 11.3. The van der Waals surface area contributed by atoms with E-state index in [1.54, 1.807) is 10.9 Å². The van der Waals surface area contributed by atoms with E-state index >= 15 is 0 Å². The first-order valence-corrected chi connectivity index (χ1v) is 8.02. The van der Waals surface area contributed by atoms with Crippen LogP contribution in [0.25, 0.3) is 0 Å². The number of halogens is 1. The van der Waals surface area contributed by atoms with Gasteiger partial charge in [0.15, 0.2) is 0 Å². The number of hydrogen-bond acceptors (Lipinski definition) is 5. The first kappa shape index (κ1) is 20.2. The predicted molar refractivity (Wildman–Crippen MR) is 90.4 cm³/mol. The Morgan fingerprint density at radius 1 is 1.42 bits per heavy atom. The van der Waals surface area contributed by atoms with Crippen molar-refractivity contribution in [3.05, 3.63) is 11.9 Å². The number of aryl methyl sites for hydroxylation is 1. The van der Waals surface area contributed by atoms with Crippen molar-refractivity contribution in [1.82, 2.24) is 15.1 Å². The lowest BCUT2D eigenvalue weighted by Crippen LogP contribution is -2.39. The Bertz CT molecular complexity index is 508. The molecule has 138 valence electrons. The fourth-order valence-electron chi connectivity index (χ4n) is 2.63. The smallest absolute Gasteiger partial charge is 0.407 e. The molecule has 0 radical (unpaired) electrons. The molecule has 1 saturated heterocycles. The molecule has 1 aliphatic rings. The van der Waals surface area contributed by atoms with E-state index in [9.17, 15) is 9.18 Å². The van der Waals surface area contributed by atoms with E-state index in [2.05, 4.69) is 10.4 Å². The molecule has 3 N–H and O–H groups in total. The fourth-order valence-corrected chi connectivity index (χ4v) is 2.63. The summed E-state index contributed by atoms with van der Waals surface area (Å²) in [5.74, 6) is 0. The summed E-state index contributed by atoms with van der Waals surface area (Å²) >= 11 is 0. The van der Waals surface area contributed by atoms with Crippen molar-refractivity contribution >= 4 is 11.8 Å². The van der Waals surface area contributed by atoms with Crippen molar-refractivity contribution in [2.45, 2.75) is 57.8 Å². The Morgan fingerprint density at radius 2 is 2.08 bits per heavy atom. The summed E-state index contributed by atoms with van der Waals surface area (Å²) in [5.41, 5.74) is 7.01. The molecule has 2 heterocycles. The zero-order valence-corrected chi connectivity index (χ0v) is 15.1. The van der Waals surface area contributed by atoms with E-state index in [4.69, 9.17) is 15.2 Å². The Kier molecular flexibility index (Phi) is 7.47. The van der Waals surface area contributed by atoms with Gasteiger partial charge in [0.2, 0.25) is 0 Å². The van der Waals surface area contributed by atoms with Gasteiger partial charge in [0, 0.05) is 19.7 Å². The first-order valence-electron chi connectivity index (χ1n) is 8.02. The van der Waals surface area contributed by atoms with Crippen LogP contribution >= 0.6 is 0 Å². The zero-order chi connectivity index (χ0) is 18.3. The molecule has 1 aliphatic heterocycles. The van der Waals surface area contributed by atoms with E-state index in [0.717, 1.165) is 25.0 Å². The highest BCUT2D eigenvalue weighted by Crippen LogP contribution is 2.30. The average molecular weight is 344 g/mol. The third-order valence-corrected chi connectivity index (χ3v) is 3.60. The van der Waals surface area contributed by atoms with Gasteiger partial charge in [-0.1, -0.05) is 0 Å². The molecule has 1 fully saturated rings. The van der Waals surface area contributed by atoms with Gasteiger partial charge in [-0.25, -0.2) is 4.79 Å². The van der Waals surface area contributed by atoms with E-state index in [-0.39, 0.29) is 18.2 Å². The number of nitrogen functional groups attached to an aromatic ring is 1. The lowest BCUT2D eigenvalue weighted by Gasteiger charge is -2.22. The van der Waals surface area contributed by atoms with Gasteiger partial charge < -0.3 is 20.5 Å². The van der Waals surface area contributed by atoms with Gasteiger partial charge in [-0.05, 0) is 40.0 Å². The van der Waals surface area contributed by atoms with Crippen LogP contribution in [0.15, 0.2) is 6.20 Å². The van der Waals surface area contributed by atoms with E-state index in [0.29, 0.717) is 19.5 Å². The number of carbonyl (C=O) groups is 1. The van der Waals surface area contributed by atoms with Crippen molar-refractivity contribution in [2.75, 3.05) is 19.5 Å². The maximum absolute atomic E-state index is 11.8. The SMILES string of the molecule is CF.Cn1ncc(N)c1C1CCC(NC(=O)OC(C)(C)C)CCO1. The minimum absolute atomic E-state index is 0.0503. The maximum Gasteiger partial charge on any atom is 0.407 e. The number of alkyl carbamates (subject to hydrolysis) is 1. The highest BCUT2D eigenvalue weighted by molar-refractivity contribution is 5.68. The Hall–Kier alpha value is -1.83. The molecule has 2 atom stereocenters. The number of amides is 1. The van der Waals surface area contributed by atoms with Gasteiger partial charge in [0.05, 0.1) is 24.8 Å². The van der Waals surface area contributed by atoms with Gasteiger partial charge in [-0.15, -0.1) is 0 Å². The van der Waals surface area contributed by atoms with Crippen LogP contribution in [0.2, 0.25) is 0 Å². The largest absolute Gasteiger partial charge is 0.444 e. The van der Waals surface area contributed by atoms with Crippen LogP contribution < -0.4 is 11.1 Å². The molecule has 0 aromatic carbocycles. The van der Waals surface area contributed by atoms with Crippen LogP contribution in [0.5, 0.6) is 0 Å². The molecular formula is C16H29FN4O3. The zero-order valence-electron chi connectivity index (χ0n) is 15.1. The molecule has 2 rings (SSSR count). The van der Waals surface area contributed by atoms with Crippen LogP contribution in [-0.4, -0.2) is 41.3 Å². The van der Waals surface area contributed by atoms with Crippen molar-refractivity contribution < 1.29 is 18.7 Å². The molecule has 1 amide bonds. The number of alkyl halides is 1. The lowest BCUT2D eigenvalue weighted by atomic mass is 10.0. The number of nitrogens with zero attached hydrogens (tertiary/aromatic N) is 2. The summed E-state index contributed by atoms with van der Waals surface area (Å²) in [6, 6.07) is 0.0503. The fraction of sp³-hybridized carbons (Fsp3) is 0.750. The third kappa shape index (κ3) is 5.99. The number of rotatable bonds is 2. The maximum atomic E-state index is 11.8. The van der Waals surface area contributed by atoms with Crippen LogP contribution in [0.1, 0.15) is 51.8 Å². The topological polar surface area (TPSA) is 91.4 Å². The number of hydrogen-bond donors (Lipinski definition) is 2. The number of aromatic nitrogens is 2. The number of nitrogens with two attached hydrogens (primary N) is 1. The van der Waals surface area contributed by atoms with Crippen LogP contribution in [-0.2, 0) is 16.5 Å². The third-order valence-electron chi connectivity index (χ3n) is 3.60. The van der Waals surface area contributed by atoms with E-state index in [1.165, 1.54) is 0 Å². The molecule has 24 heavy (non-hydrogen) atoms. The summed E-state index contributed by atoms with van der Waals surface area (Å²) in [6.07, 6.45) is 3.53. The standard InChI is InChI=1S/C15H26N4O3.CH3F/c1-15(2,3)22-14(20)18-10-5-6-12(21-8-7-10)13-11(16)9-17-19(13)4;1-2/h9-10,12H,5-8,16H2,1-4H3,(H,18,20);1H3. The number of anilines is 1. The normalized spacial score (nSPS) is 21.2. The minimum Gasteiger partial charge on any atom is -0.444 e. The molecule has 0 spiro atoms. The second-order valence-electron chi connectivity index (χ2n) is 6.68. The van der Waals surface area contributed by atoms with Crippen LogP contribution in [0.3, 0.4) is 0 Å². The molecule has 0 saturated carbocycles. The Labute approximate surface area is 142 Å². The number of carbonyl (C=O) groups excluding carboxylic acids is 1. The monoisotopic (exact) mass is 344 g/mol. The van der Waals surface area contributed by atoms with Gasteiger partial charge in [0.25, 0.3) is 0 Å². The summed E-state index contributed by atoms with van der Waals surface area (Å²) in [7, 11) is 2.36. The molecule has 0 aliphatic carbocycles. The average Bonchev–Trinajstić information content (AvgIpc) is 2.69. The second kappa shape index (κ2) is 8.86. The van der Waals surface area contributed by atoms with Crippen molar-refractivity contribution in [1.29, 1.82) is 0 Å². The molecule has 1 aromatic rings. The predicted octanol–water partition coefficient (Wildman–Crippen LogP) is 2.72. The number of nitrogens with one attached hydrogen (secondary N) is 1. The number of ether oxygens (including phenoxy) is 2. The Balaban J connectivity index is 0.00000139. The van der Waals surface area contributed by atoms with Gasteiger partial charge >= 0.3 is 6.09 Å². The Morgan fingerprint density at radius 3 is 2.62 bits per heavy atom. The van der Waals surface area contributed by atoms with Crippen LogP contribution in [0.4, 0.5) is 14.9 Å². The van der Waals surface area contributed by atoms with Crippen molar-refractivity contribution in [3.8, 4) is 0 Å². The van der Waals surface area contributed by atoms with Crippen molar-refractivity contribution in [2.24, 2.45) is 7.05 Å². The quantitative estimate of drug-likeness (QED) is 0.861. The lowest BCUT2D eigenvalue weighted by molar-refractivity contribution is 0.0477. The summed E-state index contributed by atoms with van der Waals surface area (Å²) < 4.78 is 22.4. The van der Waals surface area contributed by atoms with E-state index < -0.39 is 5.60 Å². The molecule has 1 aromatic heterocycles. The van der Waals surface area contributed by atoms with Crippen LogP contribution in [0, 0.1) is 0 Å². The molecule has 7 nitrogen and oxygen atoms in total. The highest BCUT2D eigenvalue weighted by atomic mass is 19.1. The van der Waals surface area contributed by atoms with Gasteiger partial charge in [-0.3, -0.25) is 9.07 Å². The molecule has 8 heteroatoms. The summed E-state index contributed by atoms with van der Waals surface area (Å²) in [4.78, 5) is 11.8. The summed E-state index contributed by atoms with van der Waals surface area (Å²) in [6.45, 7) is 6.12. The van der Waals surface area contributed by atoms with Gasteiger partial charge in [0.1, 0.15) is 11.7 Å². The minimum atomic E-state index is -0.489. The van der Waals surface area contributed by atoms with Gasteiger partial charge in [-0.2, -0.15) is 5.10 Å². The van der Waals surface area contributed by atoms with E-state index in [1.807, 2.05) is 27.8 Å². The summed E-state index contributed by atoms with van der Waals surface area (Å²) in [5, 5.41) is 7.07. The molecule has 0 bridgehead atoms. The molecular weight excluding hydrogens is 315 g/mol. The van der Waals surface area contributed by atoms with Crippen molar-refractivity contribution in [3.63, 3.8) is 0 Å². The molecule has 2 unspecified atom stereocenters. The second-order valence-corrected chi connectivity index (χ2v) is 6.68. The highest BCUT2D eigenvalue weighted by Gasteiger charge is 2.26.